The number of fused-ring (bicyclic) bond motifs is 2. The lowest BCUT2D eigenvalue weighted by molar-refractivity contribution is -0.387. The zero-order chi connectivity index (χ0) is 18.4. The van der Waals surface area contributed by atoms with Gasteiger partial charge in [0.2, 0.25) is 0 Å². The molecule has 2 aromatic carbocycles. The van der Waals surface area contributed by atoms with Gasteiger partial charge in [-0.15, -0.1) is 0 Å². The molecule has 2 aromatic rings. The van der Waals surface area contributed by atoms with Crippen LogP contribution in [0.15, 0.2) is 59.5 Å². The molecule has 1 saturated carbocycles. The molecular weight excluding hydrogens is 352 g/mol. The van der Waals surface area contributed by atoms with Crippen molar-refractivity contribution in [2.24, 2.45) is 5.92 Å². The highest BCUT2D eigenvalue weighted by atomic mass is 32.2. The van der Waals surface area contributed by atoms with Crippen molar-refractivity contribution in [1.29, 1.82) is 0 Å². The van der Waals surface area contributed by atoms with Gasteiger partial charge in [-0.1, -0.05) is 48.9 Å². The Morgan fingerprint density at radius 2 is 1.77 bits per heavy atom. The van der Waals surface area contributed by atoms with E-state index in [1.165, 1.54) is 28.6 Å². The van der Waals surface area contributed by atoms with Crippen LogP contribution in [0.1, 0.15) is 31.2 Å². The first-order valence-corrected chi connectivity index (χ1v) is 10.2. The van der Waals surface area contributed by atoms with Gasteiger partial charge in [-0.25, -0.2) is 8.42 Å². The van der Waals surface area contributed by atoms with Gasteiger partial charge in [0, 0.05) is 12.6 Å². The summed E-state index contributed by atoms with van der Waals surface area (Å²) in [4.78, 5) is 10.5. The Kier molecular flexibility index (Phi) is 4.08. The van der Waals surface area contributed by atoms with Crippen molar-refractivity contribution in [2.45, 2.75) is 36.1 Å². The number of hydrogen-bond acceptors (Lipinski definition) is 4. The van der Waals surface area contributed by atoms with Crippen LogP contribution in [-0.4, -0.2) is 24.2 Å². The minimum Gasteiger partial charge on any atom is -0.258 e. The molecule has 0 aromatic heterocycles. The van der Waals surface area contributed by atoms with E-state index in [0.717, 1.165) is 31.2 Å². The second-order valence-electron chi connectivity index (χ2n) is 7.12. The summed E-state index contributed by atoms with van der Waals surface area (Å²) in [6, 6.07) is 15.3. The van der Waals surface area contributed by atoms with Gasteiger partial charge in [0.1, 0.15) is 0 Å². The third-order valence-corrected chi connectivity index (χ3v) is 7.65. The summed E-state index contributed by atoms with van der Waals surface area (Å²) in [5, 5.41) is 11.4. The van der Waals surface area contributed by atoms with E-state index in [9.17, 15) is 18.5 Å². The monoisotopic (exact) mass is 372 g/mol. The first kappa shape index (κ1) is 17.2. The molecule has 136 valence electrons. The molecule has 7 heteroatoms. The fraction of sp³-hybridized carbons (Fsp3) is 0.368. The van der Waals surface area contributed by atoms with Gasteiger partial charge in [-0.05, 0) is 36.8 Å². The number of nitro groups is 1. The number of nitro benzene ring substituents is 1. The van der Waals surface area contributed by atoms with Crippen molar-refractivity contribution in [2.75, 3.05) is 6.54 Å². The van der Waals surface area contributed by atoms with E-state index >= 15 is 0 Å². The number of nitrogens with zero attached hydrogens (tertiary/aromatic N) is 2. The third kappa shape index (κ3) is 2.54. The normalized spacial score (nSPS) is 25.9. The second-order valence-corrected chi connectivity index (χ2v) is 8.95. The van der Waals surface area contributed by atoms with Crippen LogP contribution in [0.5, 0.6) is 0 Å². The number of para-hydroxylation sites is 1. The molecule has 1 heterocycles. The summed E-state index contributed by atoms with van der Waals surface area (Å²) in [6.07, 6.45) is 3.48. The number of hydrogen-bond donors (Lipinski definition) is 0. The van der Waals surface area contributed by atoms with Crippen LogP contribution in [0, 0.1) is 16.0 Å². The fourth-order valence-electron chi connectivity index (χ4n) is 4.58. The largest absolute Gasteiger partial charge is 0.289 e. The van der Waals surface area contributed by atoms with Crippen LogP contribution in [0.2, 0.25) is 0 Å². The SMILES string of the molecule is O=[N+]([O-])c1ccccc1S(=O)(=O)N1C[C@@H]2CCC[C@@]1(c1ccccc1)C2. The highest BCUT2D eigenvalue weighted by Crippen LogP contribution is 2.52. The average molecular weight is 372 g/mol. The summed E-state index contributed by atoms with van der Waals surface area (Å²) in [5.41, 5.74) is 0.00807. The molecule has 0 spiro atoms. The van der Waals surface area contributed by atoms with E-state index in [2.05, 4.69) is 0 Å². The topological polar surface area (TPSA) is 80.5 Å². The molecule has 1 saturated heterocycles. The van der Waals surface area contributed by atoms with Crippen molar-refractivity contribution in [3.8, 4) is 0 Å². The van der Waals surface area contributed by atoms with Gasteiger partial charge in [0.25, 0.3) is 15.7 Å². The predicted molar refractivity (Wildman–Crippen MR) is 97.1 cm³/mol. The van der Waals surface area contributed by atoms with E-state index < -0.39 is 20.5 Å². The summed E-state index contributed by atoms with van der Waals surface area (Å²) in [7, 11) is -3.98. The molecule has 2 atom stereocenters. The van der Waals surface area contributed by atoms with Crippen molar-refractivity contribution >= 4 is 15.7 Å². The first-order valence-electron chi connectivity index (χ1n) is 8.77. The lowest BCUT2D eigenvalue weighted by Crippen LogP contribution is -2.45. The fourth-order valence-corrected chi connectivity index (χ4v) is 6.62. The van der Waals surface area contributed by atoms with Gasteiger partial charge in [0.05, 0.1) is 10.5 Å². The minimum atomic E-state index is -3.98. The highest BCUT2D eigenvalue weighted by molar-refractivity contribution is 7.89. The average Bonchev–Trinajstić information content (AvgIpc) is 2.94. The highest BCUT2D eigenvalue weighted by Gasteiger charge is 2.54. The summed E-state index contributed by atoms with van der Waals surface area (Å²) in [5.74, 6) is 0.293. The molecule has 1 aliphatic heterocycles. The van der Waals surface area contributed by atoms with Crippen molar-refractivity contribution in [1.82, 2.24) is 4.31 Å². The quantitative estimate of drug-likeness (QED) is 0.605. The van der Waals surface area contributed by atoms with E-state index in [-0.39, 0.29) is 10.6 Å². The zero-order valence-corrected chi connectivity index (χ0v) is 15.1. The van der Waals surface area contributed by atoms with E-state index in [1.807, 2.05) is 30.3 Å². The summed E-state index contributed by atoms with van der Waals surface area (Å²) >= 11 is 0. The van der Waals surface area contributed by atoms with Gasteiger partial charge >= 0.3 is 0 Å². The van der Waals surface area contributed by atoms with E-state index in [0.29, 0.717) is 12.5 Å². The Morgan fingerprint density at radius 3 is 2.50 bits per heavy atom. The van der Waals surface area contributed by atoms with Crippen molar-refractivity contribution < 1.29 is 13.3 Å². The molecule has 1 aliphatic carbocycles. The smallest absolute Gasteiger partial charge is 0.258 e. The maximum absolute atomic E-state index is 13.5. The molecule has 26 heavy (non-hydrogen) atoms. The molecule has 0 N–H and O–H groups in total. The maximum Gasteiger partial charge on any atom is 0.289 e. The number of rotatable bonds is 4. The van der Waals surface area contributed by atoms with Crippen LogP contribution >= 0.6 is 0 Å². The lowest BCUT2D eigenvalue weighted by atomic mass is 9.76. The Hall–Kier alpha value is -2.25. The minimum absolute atomic E-state index is 0.215. The van der Waals surface area contributed by atoms with Gasteiger partial charge in [0.15, 0.2) is 4.90 Å². The maximum atomic E-state index is 13.5. The summed E-state index contributed by atoms with van der Waals surface area (Å²) in [6.45, 7) is 0.420. The van der Waals surface area contributed by atoms with E-state index in [4.69, 9.17) is 0 Å². The van der Waals surface area contributed by atoms with Gasteiger partial charge < -0.3 is 0 Å². The Morgan fingerprint density at radius 1 is 1.08 bits per heavy atom. The lowest BCUT2D eigenvalue weighted by Gasteiger charge is -2.39. The molecular formula is C19H20N2O4S. The molecule has 2 fully saturated rings. The van der Waals surface area contributed by atoms with Gasteiger partial charge in [-0.2, -0.15) is 4.31 Å². The predicted octanol–water partition coefficient (Wildman–Crippen LogP) is 3.68. The van der Waals surface area contributed by atoms with Crippen LogP contribution < -0.4 is 0 Å². The zero-order valence-electron chi connectivity index (χ0n) is 14.2. The molecule has 2 aliphatic rings. The molecule has 0 unspecified atom stereocenters. The van der Waals surface area contributed by atoms with Crippen LogP contribution in [-0.2, 0) is 15.6 Å². The molecule has 0 radical (unpaired) electrons. The third-order valence-electron chi connectivity index (χ3n) is 5.67. The molecule has 0 amide bonds. The van der Waals surface area contributed by atoms with Crippen LogP contribution in [0.4, 0.5) is 5.69 Å². The summed E-state index contributed by atoms with van der Waals surface area (Å²) < 4.78 is 28.5. The van der Waals surface area contributed by atoms with Crippen LogP contribution in [0.3, 0.4) is 0 Å². The molecule has 4 rings (SSSR count). The first-order chi connectivity index (χ1) is 12.4. The van der Waals surface area contributed by atoms with Crippen molar-refractivity contribution in [3.05, 3.63) is 70.3 Å². The van der Waals surface area contributed by atoms with Crippen molar-refractivity contribution in [3.63, 3.8) is 0 Å². The number of benzene rings is 2. The number of sulfonamides is 1. The van der Waals surface area contributed by atoms with E-state index in [1.54, 1.807) is 0 Å². The Bertz CT molecular complexity index is 945. The Labute approximate surface area is 152 Å². The van der Waals surface area contributed by atoms with Crippen LogP contribution in [0.25, 0.3) is 0 Å². The molecule has 6 nitrogen and oxygen atoms in total. The Balaban J connectivity index is 1.87. The standard InChI is InChI=1S/C19H20N2O4S/c22-21(23)17-10-4-5-11-18(17)26(24,25)20-14-15-7-6-12-19(20,13-15)16-8-2-1-3-9-16/h1-5,8-11,15H,6-7,12-14H2/t15-,19+/m1/s1. The van der Waals surface area contributed by atoms with Gasteiger partial charge in [-0.3, -0.25) is 10.1 Å². The molecule has 2 bridgehead atoms. The second kappa shape index (κ2) is 6.17.